The van der Waals surface area contributed by atoms with E-state index in [1.54, 1.807) is 6.07 Å². The van der Waals surface area contributed by atoms with E-state index in [0.717, 1.165) is 31.6 Å². The fourth-order valence-electron chi connectivity index (χ4n) is 2.61. The van der Waals surface area contributed by atoms with Gasteiger partial charge in [-0.15, -0.1) is 25.6 Å². The Hall–Kier alpha value is -0.980. The van der Waals surface area contributed by atoms with Crippen molar-refractivity contribution in [3.63, 3.8) is 0 Å². The van der Waals surface area contributed by atoms with E-state index >= 15 is 0 Å². The van der Waals surface area contributed by atoms with Gasteiger partial charge in [-0.3, -0.25) is 4.90 Å². The molecule has 7 heteroatoms. The van der Waals surface area contributed by atoms with E-state index < -0.39 is 6.36 Å². The second kappa shape index (κ2) is 7.87. The van der Waals surface area contributed by atoms with Crippen LogP contribution in [0, 0.1) is 5.92 Å². The van der Waals surface area contributed by atoms with Crippen LogP contribution in [0.4, 0.5) is 13.2 Å². The second-order valence-electron chi connectivity index (χ2n) is 5.14. The largest absolute Gasteiger partial charge is 0.573 e. The monoisotopic (exact) mass is 324 g/mol. The van der Waals surface area contributed by atoms with Gasteiger partial charge in [-0.25, -0.2) is 0 Å². The number of hydrogen-bond donors (Lipinski definition) is 1. The molecule has 1 aliphatic rings. The molecule has 0 amide bonds. The van der Waals surface area contributed by atoms with Crippen molar-refractivity contribution in [3.05, 3.63) is 29.8 Å². The molecule has 1 fully saturated rings. The van der Waals surface area contributed by atoms with Crippen LogP contribution < -0.4 is 10.1 Å². The van der Waals surface area contributed by atoms with Crippen LogP contribution in [0.2, 0.25) is 0 Å². The van der Waals surface area contributed by atoms with E-state index in [2.05, 4.69) is 15.0 Å². The average molecular weight is 325 g/mol. The number of nitrogens with one attached hydrogen (secondary N) is 1. The van der Waals surface area contributed by atoms with Crippen LogP contribution in [0.1, 0.15) is 12.0 Å². The summed E-state index contributed by atoms with van der Waals surface area (Å²) in [5.41, 5.74) is 0.844. The zero-order chi connectivity index (χ0) is 14.6. The number of halogens is 4. The summed E-state index contributed by atoms with van der Waals surface area (Å²) >= 11 is 0. The zero-order valence-corrected chi connectivity index (χ0v) is 12.6. The topological polar surface area (TPSA) is 24.5 Å². The fourth-order valence-corrected chi connectivity index (χ4v) is 2.61. The molecule has 3 nitrogen and oxygen atoms in total. The summed E-state index contributed by atoms with van der Waals surface area (Å²) in [6.07, 6.45) is -3.51. The van der Waals surface area contributed by atoms with Gasteiger partial charge >= 0.3 is 6.36 Å². The standard InChI is InChI=1S/C14H19F3N2O.ClH/c1-18-8-12-5-6-19(10-12)9-11-3-2-4-13(7-11)20-14(15,16)17;/h2-4,7,12,18H,5-6,8-10H2,1H3;1H. The predicted octanol–water partition coefficient (Wildman–Crippen LogP) is 3.05. The van der Waals surface area contributed by atoms with Crippen molar-refractivity contribution in [1.29, 1.82) is 0 Å². The molecule has 21 heavy (non-hydrogen) atoms. The van der Waals surface area contributed by atoms with Crippen LogP contribution in [0.25, 0.3) is 0 Å². The summed E-state index contributed by atoms with van der Waals surface area (Å²) in [6, 6.07) is 6.20. The molecule has 0 bridgehead atoms. The zero-order valence-electron chi connectivity index (χ0n) is 11.8. The summed E-state index contributed by atoms with van der Waals surface area (Å²) in [4.78, 5) is 2.26. The van der Waals surface area contributed by atoms with Crippen LogP contribution >= 0.6 is 12.4 Å². The third-order valence-corrected chi connectivity index (χ3v) is 3.40. The quantitative estimate of drug-likeness (QED) is 0.901. The van der Waals surface area contributed by atoms with Gasteiger partial charge in [-0.1, -0.05) is 12.1 Å². The van der Waals surface area contributed by atoms with E-state index in [1.807, 2.05) is 13.1 Å². The van der Waals surface area contributed by atoms with Crippen molar-refractivity contribution in [2.45, 2.75) is 19.3 Å². The molecule has 1 saturated heterocycles. The smallest absolute Gasteiger partial charge is 0.406 e. The lowest BCUT2D eigenvalue weighted by atomic mass is 10.1. The lowest BCUT2D eigenvalue weighted by Gasteiger charge is -2.17. The van der Waals surface area contributed by atoms with Crippen molar-refractivity contribution < 1.29 is 17.9 Å². The maximum atomic E-state index is 12.2. The van der Waals surface area contributed by atoms with E-state index in [1.165, 1.54) is 12.1 Å². The fraction of sp³-hybridized carbons (Fsp3) is 0.571. The number of benzene rings is 1. The van der Waals surface area contributed by atoms with Gasteiger partial charge in [0, 0.05) is 13.1 Å². The SMILES string of the molecule is CNCC1CCN(Cc2cccc(OC(F)(F)F)c2)C1.Cl. The molecule has 0 saturated carbocycles. The van der Waals surface area contributed by atoms with Gasteiger partial charge in [0.05, 0.1) is 0 Å². The van der Waals surface area contributed by atoms with Crippen LogP contribution in [0.5, 0.6) is 5.75 Å². The third-order valence-electron chi connectivity index (χ3n) is 3.40. The lowest BCUT2D eigenvalue weighted by molar-refractivity contribution is -0.274. The van der Waals surface area contributed by atoms with E-state index in [4.69, 9.17) is 0 Å². The minimum atomic E-state index is -4.63. The van der Waals surface area contributed by atoms with E-state index in [9.17, 15) is 13.2 Å². The first-order valence-corrected chi connectivity index (χ1v) is 6.68. The molecule has 1 atom stereocenters. The molecule has 0 spiro atoms. The number of likely N-dealkylation sites (tertiary alicyclic amines) is 1. The van der Waals surface area contributed by atoms with Gasteiger partial charge in [-0.2, -0.15) is 0 Å². The Kier molecular flexibility index (Phi) is 6.77. The highest BCUT2D eigenvalue weighted by Crippen LogP contribution is 2.25. The molecule has 1 heterocycles. The maximum absolute atomic E-state index is 12.2. The molecule has 1 aromatic rings. The minimum absolute atomic E-state index is 0. The number of nitrogens with zero attached hydrogens (tertiary/aromatic N) is 1. The normalized spacial score (nSPS) is 19.3. The Morgan fingerprint density at radius 3 is 2.81 bits per heavy atom. The van der Waals surface area contributed by atoms with Crippen LogP contribution in [-0.4, -0.2) is 37.9 Å². The van der Waals surface area contributed by atoms with Crippen molar-refractivity contribution in [1.82, 2.24) is 10.2 Å². The first-order valence-electron chi connectivity index (χ1n) is 6.68. The summed E-state index contributed by atoms with van der Waals surface area (Å²) in [7, 11) is 1.93. The first-order chi connectivity index (χ1) is 9.46. The summed E-state index contributed by atoms with van der Waals surface area (Å²) < 4.78 is 40.5. The molecule has 1 N–H and O–H groups in total. The molecule has 1 aromatic carbocycles. The molecule has 120 valence electrons. The highest BCUT2D eigenvalue weighted by atomic mass is 35.5. The molecule has 0 aromatic heterocycles. The molecule has 0 radical (unpaired) electrons. The highest BCUT2D eigenvalue weighted by molar-refractivity contribution is 5.85. The van der Waals surface area contributed by atoms with Crippen LogP contribution in [0.3, 0.4) is 0 Å². The van der Waals surface area contributed by atoms with Gasteiger partial charge in [0.25, 0.3) is 0 Å². The number of alkyl halides is 3. The van der Waals surface area contributed by atoms with Gasteiger partial charge in [-0.05, 0) is 50.2 Å². The van der Waals surface area contributed by atoms with Crippen molar-refractivity contribution >= 4 is 12.4 Å². The minimum Gasteiger partial charge on any atom is -0.406 e. The maximum Gasteiger partial charge on any atom is 0.573 e. The van der Waals surface area contributed by atoms with Crippen LogP contribution in [-0.2, 0) is 6.54 Å². The number of ether oxygens (including phenoxy) is 1. The molecular weight excluding hydrogens is 305 g/mol. The Morgan fingerprint density at radius 1 is 1.38 bits per heavy atom. The highest BCUT2D eigenvalue weighted by Gasteiger charge is 2.31. The Bertz CT molecular complexity index is 442. The Morgan fingerprint density at radius 2 is 2.14 bits per heavy atom. The van der Waals surface area contributed by atoms with Crippen LogP contribution in [0.15, 0.2) is 24.3 Å². The molecule has 2 rings (SSSR count). The summed E-state index contributed by atoms with van der Waals surface area (Å²) in [5, 5.41) is 3.16. The lowest BCUT2D eigenvalue weighted by Crippen LogP contribution is -2.24. The second-order valence-corrected chi connectivity index (χ2v) is 5.14. The van der Waals surface area contributed by atoms with Crippen molar-refractivity contribution in [2.24, 2.45) is 5.92 Å². The molecule has 0 aliphatic carbocycles. The summed E-state index contributed by atoms with van der Waals surface area (Å²) in [5.74, 6) is 0.468. The van der Waals surface area contributed by atoms with E-state index in [-0.39, 0.29) is 18.2 Å². The Labute approximate surface area is 128 Å². The average Bonchev–Trinajstić information content (AvgIpc) is 2.75. The van der Waals surface area contributed by atoms with Gasteiger partial charge < -0.3 is 10.1 Å². The third kappa shape index (κ3) is 6.11. The van der Waals surface area contributed by atoms with Gasteiger partial charge in [0.2, 0.25) is 0 Å². The predicted molar refractivity (Wildman–Crippen MR) is 77.7 cm³/mol. The number of hydrogen-bond acceptors (Lipinski definition) is 3. The van der Waals surface area contributed by atoms with Crippen molar-refractivity contribution in [3.8, 4) is 5.75 Å². The molecule has 1 unspecified atom stereocenters. The van der Waals surface area contributed by atoms with E-state index in [0.29, 0.717) is 12.5 Å². The molecule has 1 aliphatic heterocycles. The first kappa shape index (κ1) is 18.1. The summed E-state index contributed by atoms with van der Waals surface area (Å²) in [6.45, 7) is 3.60. The Balaban J connectivity index is 0.00000220. The molecular formula is C14H20ClF3N2O. The van der Waals surface area contributed by atoms with Gasteiger partial charge in [0.15, 0.2) is 0 Å². The van der Waals surface area contributed by atoms with Crippen molar-refractivity contribution in [2.75, 3.05) is 26.7 Å². The van der Waals surface area contributed by atoms with Gasteiger partial charge in [0.1, 0.15) is 5.75 Å². The number of rotatable bonds is 5.